The van der Waals surface area contributed by atoms with Crippen LogP contribution in [-0.2, 0) is 0 Å². The van der Waals surface area contributed by atoms with Gasteiger partial charge in [0.1, 0.15) is 16.3 Å². The van der Waals surface area contributed by atoms with E-state index in [0.717, 1.165) is 0 Å². The summed E-state index contributed by atoms with van der Waals surface area (Å²) in [7, 11) is 0. The fraction of sp³-hybridized carbons (Fsp3) is 0.0909. The molecule has 0 bridgehead atoms. The monoisotopic (exact) mass is 238 g/mol. The van der Waals surface area contributed by atoms with E-state index in [1.54, 1.807) is 6.92 Å². The van der Waals surface area contributed by atoms with E-state index in [2.05, 4.69) is 10.2 Å². The summed E-state index contributed by atoms with van der Waals surface area (Å²) in [4.78, 5) is 0. The van der Waals surface area contributed by atoms with Crippen molar-refractivity contribution in [2.75, 3.05) is 0 Å². The summed E-state index contributed by atoms with van der Waals surface area (Å²) in [6.45, 7) is 1.58. The minimum atomic E-state index is -0.620. The minimum absolute atomic E-state index is 0.0902. The fourth-order valence-corrected chi connectivity index (χ4v) is 1.61. The minimum Gasteiger partial charge on any atom is -0.268 e. The van der Waals surface area contributed by atoms with Crippen molar-refractivity contribution in [3.63, 3.8) is 0 Å². The van der Waals surface area contributed by atoms with Gasteiger partial charge in [-0.1, -0.05) is 18.3 Å². The van der Waals surface area contributed by atoms with E-state index in [0.29, 0.717) is 15.8 Å². The number of nitrogens with one attached hydrogen (secondary N) is 1. The van der Waals surface area contributed by atoms with Gasteiger partial charge in [-0.25, -0.2) is 8.78 Å². The lowest BCUT2D eigenvalue weighted by Gasteiger charge is -2.06. The number of aromatic nitrogens is 2. The molecule has 0 radical (unpaired) electrons. The maximum Gasteiger partial charge on any atom is 0.136 e. The highest BCUT2D eigenvalue weighted by atomic mass is 32.1. The highest BCUT2D eigenvalue weighted by Gasteiger charge is 2.13. The highest BCUT2D eigenvalue weighted by molar-refractivity contribution is 7.71. The largest absolute Gasteiger partial charge is 0.268 e. The second kappa shape index (κ2) is 4.09. The molecule has 0 amide bonds. The van der Waals surface area contributed by atoms with Crippen LogP contribution in [0.25, 0.3) is 11.1 Å². The number of hydrogen-bond acceptors (Lipinski definition) is 2. The van der Waals surface area contributed by atoms with Gasteiger partial charge in [0.2, 0.25) is 0 Å². The molecule has 16 heavy (non-hydrogen) atoms. The molecule has 0 aliphatic rings. The van der Waals surface area contributed by atoms with Crippen LogP contribution in [0.2, 0.25) is 0 Å². The van der Waals surface area contributed by atoms with E-state index in [1.165, 1.54) is 24.4 Å². The van der Waals surface area contributed by atoms with Crippen molar-refractivity contribution >= 4 is 12.2 Å². The van der Waals surface area contributed by atoms with E-state index in [4.69, 9.17) is 12.2 Å². The standard InChI is InChI=1S/C11H8F2N2S/c1-6-2-3-8(12)10(11(6)13)7-4-9(16)15-14-5-7/h2-5H,1H3,(H,15,16). The van der Waals surface area contributed by atoms with Gasteiger partial charge < -0.3 is 0 Å². The predicted octanol–water partition coefficient (Wildman–Crippen LogP) is 3.39. The lowest BCUT2D eigenvalue weighted by molar-refractivity contribution is 0.583. The van der Waals surface area contributed by atoms with Crippen molar-refractivity contribution < 1.29 is 8.78 Å². The first-order chi connectivity index (χ1) is 7.59. The third-order valence-electron chi connectivity index (χ3n) is 2.24. The van der Waals surface area contributed by atoms with Gasteiger partial charge in [-0.05, 0) is 24.6 Å². The smallest absolute Gasteiger partial charge is 0.136 e. The number of nitrogens with zero attached hydrogens (tertiary/aromatic N) is 1. The van der Waals surface area contributed by atoms with Crippen LogP contribution in [-0.4, -0.2) is 10.2 Å². The van der Waals surface area contributed by atoms with Gasteiger partial charge >= 0.3 is 0 Å². The van der Waals surface area contributed by atoms with Crippen LogP contribution in [0.4, 0.5) is 8.78 Å². The maximum absolute atomic E-state index is 13.8. The molecule has 0 spiro atoms. The lowest BCUT2D eigenvalue weighted by atomic mass is 10.0. The lowest BCUT2D eigenvalue weighted by Crippen LogP contribution is -1.94. The summed E-state index contributed by atoms with van der Waals surface area (Å²) in [5, 5.41) is 6.22. The van der Waals surface area contributed by atoms with Gasteiger partial charge in [-0.2, -0.15) is 5.10 Å². The molecule has 2 nitrogen and oxygen atoms in total. The molecule has 5 heteroatoms. The molecule has 0 fully saturated rings. The van der Waals surface area contributed by atoms with Crippen LogP contribution in [0.1, 0.15) is 5.56 Å². The van der Waals surface area contributed by atoms with Crippen molar-refractivity contribution in [2.24, 2.45) is 0 Å². The van der Waals surface area contributed by atoms with E-state index in [9.17, 15) is 8.78 Å². The Balaban J connectivity index is 2.73. The summed E-state index contributed by atoms with van der Waals surface area (Å²) >= 11 is 4.86. The molecule has 0 unspecified atom stereocenters. The summed E-state index contributed by atoms with van der Waals surface area (Å²) in [5.74, 6) is -1.20. The molecule has 1 N–H and O–H groups in total. The molecular formula is C11H8F2N2S. The Morgan fingerprint density at radius 3 is 2.75 bits per heavy atom. The van der Waals surface area contributed by atoms with Gasteiger partial charge in [0.25, 0.3) is 0 Å². The summed E-state index contributed by atoms with van der Waals surface area (Å²) in [5.41, 5.74) is 0.630. The Bertz CT molecular complexity index is 593. The molecule has 82 valence electrons. The van der Waals surface area contributed by atoms with Crippen LogP contribution in [0.15, 0.2) is 24.4 Å². The molecule has 0 aliphatic carbocycles. The number of H-pyrrole nitrogens is 1. The first-order valence-electron chi connectivity index (χ1n) is 4.59. The van der Waals surface area contributed by atoms with Gasteiger partial charge in [-0.3, -0.25) is 5.10 Å². The van der Waals surface area contributed by atoms with Gasteiger partial charge in [0, 0.05) is 5.56 Å². The molecular weight excluding hydrogens is 230 g/mol. The maximum atomic E-state index is 13.8. The number of benzene rings is 1. The average Bonchev–Trinajstić information content (AvgIpc) is 2.24. The number of halogens is 2. The molecule has 1 aromatic carbocycles. The highest BCUT2D eigenvalue weighted by Crippen LogP contribution is 2.26. The summed E-state index contributed by atoms with van der Waals surface area (Å²) in [6, 6.07) is 4.10. The fourth-order valence-electron chi connectivity index (χ4n) is 1.43. The first-order valence-corrected chi connectivity index (χ1v) is 5.00. The van der Waals surface area contributed by atoms with Crippen molar-refractivity contribution in [1.82, 2.24) is 10.2 Å². The number of aromatic amines is 1. The predicted molar refractivity (Wildman–Crippen MR) is 59.5 cm³/mol. The molecule has 2 rings (SSSR count). The zero-order chi connectivity index (χ0) is 11.7. The van der Waals surface area contributed by atoms with Crippen molar-refractivity contribution in [2.45, 2.75) is 6.92 Å². The Kier molecular flexibility index (Phi) is 2.78. The number of aryl methyl sites for hydroxylation is 1. The number of hydrogen-bond donors (Lipinski definition) is 1. The molecule has 0 atom stereocenters. The van der Waals surface area contributed by atoms with E-state index < -0.39 is 11.6 Å². The zero-order valence-corrected chi connectivity index (χ0v) is 9.24. The van der Waals surface area contributed by atoms with Crippen molar-refractivity contribution in [3.8, 4) is 11.1 Å². The van der Waals surface area contributed by atoms with Crippen molar-refractivity contribution in [1.29, 1.82) is 0 Å². The Morgan fingerprint density at radius 1 is 1.31 bits per heavy atom. The SMILES string of the molecule is Cc1ccc(F)c(-c2cn[nH]c(=S)c2)c1F. The number of rotatable bonds is 1. The Labute approximate surface area is 96.0 Å². The molecule has 0 saturated heterocycles. The summed E-state index contributed by atoms with van der Waals surface area (Å²) < 4.78 is 27.6. The zero-order valence-electron chi connectivity index (χ0n) is 8.42. The van der Waals surface area contributed by atoms with Gasteiger partial charge in [0.05, 0.1) is 11.8 Å². The van der Waals surface area contributed by atoms with Crippen LogP contribution < -0.4 is 0 Å². The van der Waals surface area contributed by atoms with Crippen LogP contribution in [0.3, 0.4) is 0 Å². The van der Waals surface area contributed by atoms with E-state index in [-0.39, 0.29) is 5.56 Å². The third kappa shape index (κ3) is 1.86. The quantitative estimate of drug-likeness (QED) is 0.771. The van der Waals surface area contributed by atoms with Crippen LogP contribution in [0, 0.1) is 23.2 Å². The Hall–Kier alpha value is -1.62. The van der Waals surface area contributed by atoms with E-state index >= 15 is 0 Å². The second-order valence-electron chi connectivity index (χ2n) is 3.39. The summed E-state index contributed by atoms with van der Waals surface area (Å²) in [6.07, 6.45) is 1.34. The molecule has 1 heterocycles. The first kappa shape index (κ1) is 10.9. The van der Waals surface area contributed by atoms with Crippen LogP contribution in [0.5, 0.6) is 0 Å². The second-order valence-corrected chi connectivity index (χ2v) is 3.83. The van der Waals surface area contributed by atoms with Crippen LogP contribution >= 0.6 is 12.2 Å². The van der Waals surface area contributed by atoms with Crippen molar-refractivity contribution in [3.05, 3.63) is 46.2 Å². The molecule has 0 saturated carbocycles. The molecule has 1 aromatic heterocycles. The average molecular weight is 238 g/mol. The molecule has 0 aliphatic heterocycles. The van der Waals surface area contributed by atoms with Gasteiger partial charge in [-0.15, -0.1) is 0 Å². The normalized spacial score (nSPS) is 10.4. The third-order valence-corrected chi connectivity index (χ3v) is 2.45. The topological polar surface area (TPSA) is 28.7 Å². The Morgan fingerprint density at radius 2 is 2.06 bits per heavy atom. The molecule has 2 aromatic rings. The van der Waals surface area contributed by atoms with Gasteiger partial charge in [0.15, 0.2) is 0 Å². The van der Waals surface area contributed by atoms with E-state index in [1.807, 2.05) is 0 Å².